The van der Waals surface area contributed by atoms with E-state index in [0.29, 0.717) is 23.1 Å². The van der Waals surface area contributed by atoms with Crippen molar-refractivity contribution in [2.24, 2.45) is 0 Å². The van der Waals surface area contributed by atoms with Crippen LogP contribution in [0.25, 0.3) is 0 Å². The molecular formula is C16H21N3O5. The Balaban J connectivity index is 2.00. The maximum Gasteiger partial charge on any atom is 0.320 e. The zero-order chi connectivity index (χ0) is 17.5. The number of methoxy groups -OCH3 is 1. The van der Waals surface area contributed by atoms with Gasteiger partial charge in [0.1, 0.15) is 12.4 Å². The number of benzene rings is 1. The molecule has 0 aliphatic carbocycles. The maximum atomic E-state index is 12.0. The molecule has 0 bridgehead atoms. The minimum Gasteiger partial charge on any atom is -0.493 e. The predicted molar refractivity (Wildman–Crippen MR) is 87.4 cm³/mol. The van der Waals surface area contributed by atoms with Gasteiger partial charge in [-0.25, -0.2) is 4.79 Å². The van der Waals surface area contributed by atoms with Crippen LogP contribution < -0.4 is 20.1 Å². The van der Waals surface area contributed by atoms with E-state index in [0.717, 1.165) is 5.56 Å². The molecule has 1 aromatic heterocycles. The summed E-state index contributed by atoms with van der Waals surface area (Å²) in [7, 11) is 1.53. The third kappa shape index (κ3) is 4.63. The second-order valence-electron chi connectivity index (χ2n) is 5.13. The van der Waals surface area contributed by atoms with Crippen molar-refractivity contribution in [1.82, 2.24) is 10.5 Å². The maximum absolute atomic E-state index is 12.0. The van der Waals surface area contributed by atoms with Gasteiger partial charge < -0.3 is 24.4 Å². The van der Waals surface area contributed by atoms with Crippen LogP contribution in [0.3, 0.4) is 0 Å². The summed E-state index contributed by atoms with van der Waals surface area (Å²) < 4.78 is 15.6. The number of aryl methyl sites for hydroxylation is 1. The zero-order valence-corrected chi connectivity index (χ0v) is 13.8. The number of nitrogens with one attached hydrogen (secondary N) is 2. The van der Waals surface area contributed by atoms with Crippen molar-refractivity contribution >= 4 is 11.8 Å². The average Bonchev–Trinajstić information content (AvgIpc) is 2.97. The van der Waals surface area contributed by atoms with Crippen LogP contribution in [0.1, 0.15) is 24.3 Å². The van der Waals surface area contributed by atoms with Gasteiger partial charge in [0.15, 0.2) is 17.3 Å². The molecule has 0 saturated heterocycles. The third-order valence-corrected chi connectivity index (χ3v) is 3.25. The van der Waals surface area contributed by atoms with Crippen molar-refractivity contribution in [3.8, 4) is 11.5 Å². The quantitative estimate of drug-likeness (QED) is 0.716. The van der Waals surface area contributed by atoms with Gasteiger partial charge in [-0.05, 0) is 31.5 Å². The summed E-state index contributed by atoms with van der Waals surface area (Å²) in [5.41, 5.74) is 0.842. The Labute approximate surface area is 139 Å². The highest BCUT2D eigenvalue weighted by atomic mass is 16.5. The number of carbonyl (C=O) groups is 1. The smallest absolute Gasteiger partial charge is 0.320 e. The number of aliphatic hydroxyl groups excluding tert-OH is 1. The first kappa shape index (κ1) is 17.6. The van der Waals surface area contributed by atoms with Gasteiger partial charge in [-0.2, -0.15) is 0 Å². The van der Waals surface area contributed by atoms with Gasteiger partial charge in [0.25, 0.3) is 0 Å². The van der Waals surface area contributed by atoms with Crippen LogP contribution in [0.15, 0.2) is 28.8 Å². The highest BCUT2D eigenvalue weighted by Gasteiger charge is 2.14. The summed E-state index contributed by atoms with van der Waals surface area (Å²) >= 11 is 0. The SMILES string of the molecule is COc1cc(C(C)NC(=O)Nc2cc(C)on2)ccc1OCCO. The van der Waals surface area contributed by atoms with Gasteiger partial charge in [-0.3, -0.25) is 5.32 Å². The number of aromatic nitrogens is 1. The summed E-state index contributed by atoms with van der Waals surface area (Å²) in [6.45, 7) is 3.69. The first-order valence-electron chi connectivity index (χ1n) is 7.46. The van der Waals surface area contributed by atoms with Crippen molar-refractivity contribution in [1.29, 1.82) is 0 Å². The number of carbonyl (C=O) groups excluding carboxylic acids is 1. The van der Waals surface area contributed by atoms with Crippen LogP contribution in [-0.4, -0.2) is 36.6 Å². The van der Waals surface area contributed by atoms with Gasteiger partial charge in [-0.15, -0.1) is 0 Å². The Morgan fingerprint density at radius 3 is 2.79 bits per heavy atom. The Hall–Kier alpha value is -2.74. The van der Waals surface area contributed by atoms with E-state index < -0.39 is 6.03 Å². The minimum absolute atomic E-state index is 0.0788. The van der Waals surface area contributed by atoms with Crippen molar-refractivity contribution < 1.29 is 23.9 Å². The Kier molecular flexibility index (Phi) is 6.02. The lowest BCUT2D eigenvalue weighted by Crippen LogP contribution is -2.31. The molecule has 0 fully saturated rings. The number of hydrogen-bond acceptors (Lipinski definition) is 6. The minimum atomic E-state index is -0.393. The van der Waals surface area contributed by atoms with Crippen molar-refractivity contribution in [2.45, 2.75) is 19.9 Å². The average molecular weight is 335 g/mol. The molecule has 8 heteroatoms. The molecule has 2 aromatic rings. The van der Waals surface area contributed by atoms with Crippen molar-refractivity contribution in [3.63, 3.8) is 0 Å². The molecule has 0 saturated carbocycles. The number of aliphatic hydroxyl groups is 1. The molecule has 1 unspecified atom stereocenters. The van der Waals surface area contributed by atoms with Gasteiger partial charge in [-0.1, -0.05) is 11.2 Å². The normalized spacial score (nSPS) is 11.7. The van der Waals surface area contributed by atoms with E-state index in [-0.39, 0.29) is 19.3 Å². The van der Waals surface area contributed by atoms with Gasteiger partial charge >= 0.3 is 6.03 Å². The number of hydrogen-bond donors (Lipinski definition) is 3. The van der Waals surface area contributed by atoms with Gasteiger partial charge in [0.05, 0.1) is 19.8 Å². The molecule has 0 spiro atoms. The molecule has 0 aliphatic rings. The first-order valence-corrected chi connectivity index (χ1v) is 7.46. The summed E-state index contributed by atoms with van der Waals surface area (Å²) in [5.74, 6) is 2.02. The molecule has 0 radical (unpaired) electrons. The second-order valence-corrected chi connectivity index (χ2v) is 5.13. The number of anilines is 1. The van der Waals surface area contributed by atoms with Crippen LogP contribution in [0.2, 0.25) is 0 Å². The van der Waals surface area contributed by atoms with Crippen molar-refractivity contribution in [2.75, 3.05) is 25.6 Å². The molecule has 3 N–H and O–H groups in total. The van der Waals surface area contributed by atoms with Crippen LogP contribution in [-0.2, 0) is 0 Å². The van der Waals surface area contributed by atoms with E-state index in [1.54, 1.807) is 25.1 Å². The summed E-state index contributed by atoms with van der Waals surface area (Å²) in [5, 5.41) is 17.9. The summed E-state index contributed by atoms with van der Waals surface area (Å²) in [6.07, 6.45) is 0. The highest BCUT2D eigenvalue weighted by molar-refractivity contribution is 5.88. The Bertz CT molecular complexity index is 686. The standard InChI is InChI=1S/C16H21N3O5/c1-10-8-15(19-24-10)18-16(21)17-11(2)12-4-5-13(23-7-6-20)14(9-12)22-3/h4-5,8-9,11,20H,6-7H2,1-3H3,(H2,17,18,19,21). The number of rotatable bonds is 7. The molecule has 1 aromatic carbocycles. The van der Waals surface area contributed by atoms with Crippen LogP contribution in [0.4, 0.5) is 10.6 Å². The molecular weight excluding hydrogens is 314 g/mol. The van der Waals surface area contributed by atoms with E-state index in [4.69, 9.17) is 19.1 Å². The fourth-order valence-electron chi connectivity index (χ4n) is 2.09. The largest absolute Gasteiger partial charge is 0.493 e. The molecule has 130 valence electrons. The molecule has 2 amide bonds. The van der Waals surface area contributed by atoms with Gasteiger partial charge in [0, 0.05) is 6.07 Å². The lowest BCUT2D eigenvalue weighted by Gasteiger charge is -2.17. The van der Waals surface area contributed by atoms with Gasteiger partial charge in [0.2, 0.25) is 0 Å². The Morgan fingerprint density at radius 1 is 1.38 bits per heavy atom. The lowest BCUT2D eigenvalue weighted by atomic mass is 10.1. The van der Waals surface area contributed by atoms with Crippen LogP contribution in [0, 0.1) is 6.92 Å². The van der Waals surface area contributed by atoms with Crippen molar-refractivity contribution in [3.05, 3.63) is 35.6 Å². The van der Waals surface area contributed by atoms with E-state index in [1.807, 2.05) is 13.0 Å². The number of nitrogens with zero attached hydrogens (tertiary/aromatic N) is 1. The molecule has 2 rings (SSSR count). The lowest BCUT2D eigenvalue weighted by molar-refractivity contribution is 0.196. The van der Waals surface area contributed by atoms with E-state index in [9.17, 15) is 4.79 Å². The van der Waals surface area contributed by atoms with E-state index in [2.05, 4.69) is 15.8 Å². The molecule has 0 aliphatic heterocycles. The van der Waals surface area contributed by atoms with E-state index >= 15 is 0 Å². The molecule has 8 nitrogen and oxygen atoms in total. The Morgan fingerprint density at radius 2 is 2.17 bits per heavy atom. The predicted octanol–water partition coefficient (Wildman–Crippen LogP) is 2.25. The third-order valence-electron chi connectivity index (χ3n) is 3.25. The number of urea groups is 1. The molecule has 24 heavy (non-hydrogen) atoms. The molecule has 1 heterocycles. The summed E-state index contributed by atoms with van der Waals surface area (Å²) in [6, 6.07) is 6.30. The monoisotopic (exact) mass is 335 g/mol. The summed E-state index contributed by atoms with van der Waals surface area (Å²) in [4.78, 5) is 12.0. The van der Waals surface area contributed by atoms with Crippen LogP contribution >= 0.6 is 0 Å². The second kappa shape index (κ2) is 8.21. The fraction of sp³-hybridized carbons (Fsp3) is 0.375. The fourth-order valence-corrected chi connectivity index (χ4v) is 2.09. The topological polar surface area (TPSA) is 106 Å². The molecule has 1 atom stereocenters. The van der Waals surface area contributed by atoms with Crippen LogP contribution in [0.5, 0.6) is 11.5 Å². The highest BCUT2D eigenvalue weighted by Crippen LogP contribution is 2.30. The number of amides is 2. The number of ether oxygens (including phenoxy) is 2. The van der Waals surface area contributed by atoms with E-state index in [1.165, 1.54) is 7.11 Å². The zero-order valence-electron chi connectivity index (χ0n) is 13.8. The first-order chi connectivity index (χ1) is 11.5.